The number of benzene rings is 4. The van der Waals surface area contributed by atoms with Crippen LogP contribution in [0.25, 0.3) is 21.7 Å². The molecular weight excluding hydrogens is 705 g/mol. The molecule has 0 saturated carbocycles. The molecule has 0 aliphatic heterocycles. The van der Waals surface area contributed by atoms with Crippen molar-refractivity contribution in [2.24, 2.45) is 0 Å². The number of carbonyl (C=O) groups excluding carboxylic acids is 1. The Bertz CT molecular complexity index is 2260. The number of nitrogens with two attached hydrogens (primary N) is 1. The normalized spacial score (nSPS) is 11.8. The Kier molecular flexibility index (Phi) is 14.5. The molecule has 0 radical (unpaired) electrons. The van der Waals surface area contributed by atoms with Gasteiger partial charge in [0, 0.05) is 45.2 Å². The number of carbonyl (C=O) groups is 1. The number of fused-ring (bicyclic) bond motifs is 2. The number of nitrogens with one attached hydrogen (secondary N) is 2. The zero-order valence-electron chi connectivity index (χ0n) is 25.3. The van der Waals surface area contributed by atoms with Crippen molar-refractivity contribution in [3.8, 4) is 5.75 Å². The Labute approximate surface area is 338 Å². The molecule has 1 atom stereocenters. The zero-order valence-corrected chi connectivity index (χ0v) is 33.7. The number of hydrogen-bond acceptors (Lipinski definition) is 13. The van der Waals surface area contributed by atoms with Crippen LogP contribution in [0.1, 0.15) is 16.1 Å². The molecule has 1 aromatic heterocycles. The van der Waals surface area contributed by atoms with Crippen LogP contribution >= 0.6 is 0 Å². The molecule has 1 unspecified atom stereocenters. The molecule has 47 heavy (non-hydrogen) atoms. The van der Waals surface area contributed by atoms with Crippen molar-refractivity contribution in [1.82, 2.24) is 4.98 Å². The predicted octanol–water partition coefficient (Wildman–Crippen LogP) is -5.73. The van der Waals surface area contributed by atoms with Crippen LogP contribution in [-0.4, -0.2) is 45.6 Å². The second-order valence-electron chi connectivity index (χ2n) is 9.43. The summed E-state index contributed by atoms with van der Waals surface area (Å²) in [6.45, 7) is 1.66. The summed E-state index contributed by atoms with van der Waals surface area (Å²) in [6, 6.07) is 15.9. The largest absolute Gasteiger partial charge is 1.00 e. The van der Waals surface area contributed by atoms with Gasteiger partial charge in [-0.2, -0.15) is 0 Å². The van der Waals surface area contributed by atoms with Crippen LogP contribution in [-0.2, 0) is 31.6 Å². The Morgan fingerprint density at radius 1 is 0.894 bits per heavy atom. The number of anilines is 4. The van der Waals surface area contributed by atoms with Gasteiger partial charge in [0.15, 0.2) is 0 Å². The summed E-state index contributed by atoms with van der Waals surface area (Å²) >= 11 is -3.11. The molecule has 14 nitrogen and oxygen atoms in total. The van der Waals surface area contributed by atoms with Crippen molar-refractivity contribution in [2.45, 2.75) is 16.7 Å². The Hall–Kier alpha value is -1.65. The topological polar surface area (TPSA) is 244 Å². The Morgan fingerprint density at radius 2 is 1.60 bits per heavy atom. The van der Waals surface area contributed by atoms with Crippen LogP contribution in [0.15, 0.2) is 82.6 Å². The van der Waals surface area contributed by atoms with Gasteiger partial charge in [0.2, 0.25) is 0 Å². The van der Waals surface area contributed by atoms with Gasteiger partial charge in [-0.1, -0.05) is 6.07 Å². The average Bonchev–Trinajstić information content (AvgIpc) is 2.91. The van der Waals surface area contributed by atoms with Crippen LogP contribution in [0.2, 0.25) is 0 Å². The molecule has 0 saturated heterocycles. The number of rotatable bonds is 8. The maximum atomic E-state index is 12.8. The smallest absolute Gasteiger partial charge is 0.744 e. The van der Waals surface area contributed by atoms with Gasteiger partial charge in [0.05, 0.1) is 21.0 Å². The first-order valence-corrected chi connectivity index (χ1v) is 16.1. The van der Waals surface area contributed by atoms with Crippen LogP contribution in [0.4, 0.5) is 22.7 Å². The SMILES string of the molecule is Cc1cc(Nc2cc(OS(=O)[O-])cc3cc(S(=O)(=O)[O-])cc(S(=O)(=O)[O-])c23)c2cc(NC(=O)c3cccc(N)c3)ccc2n1.[Na+].[Na+].[Na+]. The van der Waals surface area contributed by atoms with Crippen molar-refractivity contribution >= 4 is 81.9 Å². The van der Waals surface area contributed by atoms with E-state index in [1.807, 2.05) is 0 Å². The van der Waals surface area contributed by atoms with Crippen LogP contribution in [0.5, 0.6) is 5.75 Å². The summed E-state index contributed by atoms with van der Waals surface area (Å²) in [5.74, 6) is -0.852. The van der Waals surface area contributed by atoms with Crippen molar-refractivity contribution < 1.29 is 132 Å². The molecule has 0 aliphatic carbocycles. The minimum atomic E-state index is -5.39. The maximum Gasteiger partial charge on any atom is 1.00 e. The van der Waals surface area contributed by atoms with Gasteiger partial charge in [0.1, 0.15) is 37.3 Å². The average molecular weight is 725 g/mol. The van der Waals surface area contributed by atoms with Gasteiger partial charge >= 0.3 is 88.7 Å². The van der Waals surface area contributed by atoms with Crippen LogP contribution in [0.3, 0.4) is 0 Å². The first-order valence-electron chi connectivity index (χ1n) is 12.2. The molecule has 5 aromatic rings. The van der Waals surface area contributed by atoms with E-state index in [1.54, 1.807) is 49.4 Å². The third-order valence-corrected chi connectivity index (χ3v) is 8.30. The quantitative estimate of drug-likeness (QED) is 0.0586. The molecule has 20 heteroatoms. The van der Waals surface area contributed by atoms with Gasteiger partial charge in [0.25, 0.3) is 5.91 Å². The van der Waals surface area contributed by atoms with E-state index < -0.39 is 53.0 Å². The first kappa shape index (κ1) is 41.5. The van der Waals surface area contributed by atoms with Gasteiger partial charge in [-0.05, 0) is 73.0 Å². The minimum absolute atomic E-state index is 0. The summed E-state index contributed by atoms with van der Waals surface area (Å²) in [7, 11) is -10.6. The van der Waals surface area contributed by atoms with Crippen LogP contribution < -0.4 is 109 Å². The summed E-state index contributed by atoms with van der Waals surface area (Å²) in [4.78, 5) is 15.2. The third-order valence-electron chi connectivity index (χ3n) is 6.29. The number of pyridine rings is 1. The summed E-state index contributed by atoms with van der Waals surface area (Å²) in [5, 5.41) is 5.46. The van der Waals surface area contributed by atoms with Gasteiger partial charge in [-0.25, -0.2) is 21.0 Å². The molecule has 0 bridgehead atoms. The second-order valence-corrected chi connectivity index (χ2v) is 12.7. The molecule has 1 amide bonds. The van der Waals surface area contributed by atoms with Crippen molar-refractivity contribution in [1.29, 1.82) is 0 Å². The van der Waals surface area contributed by atoms with Gasteiger partial charge in [-0.15, -0.1) is 0 Å². The number of nitrogens with zero attached hydrogens (tertiary/aromatic N) is 1. The van der Waals surface area contributed by atoms with Crippen molar-refractivity contribution in [3.05, 3.63) is 84.1 Å². The Balaban J connectivity index is 0.00000256. The molecule has 0 aliphatic rings. The van der Waals surface area contributed by atoms with E-state index in [-0.39, 0.29) is 111 Å². The van der Waals surface area contributed by atoms with E-state index in [9.17, 15) is 39.5 Å². The summed E-state index contributed by atoms with van der Waals surface area (Å²) < 4.78 is 99.4. The summed E-state index contributed by atoms with van der Waals surface area (Å²) in [5.41, 5.74) is 7.81. The zero-order chi connectivity index (χ0) is 32.0. The molecule has 5 rings (SSSR count). The van der Waals surface area contributed by atoms with Gasteiger partial charge in [-0.3, -0.25) is 9.78 Å². The van der Waals surface area contributed by atoms with Crippen molar-refractivity contribution in [3.63, 3.8) is 0 Å². The molecule has 0 spiro atoms. The van der Waals surface area contributed by atoms with Crippen LogP contribution in [0, 0.1) is 6.92 Å². The standard InChI is InChI=1S/C27H22N4O10S3.3Na/c1-14-7-23(21-11-18(5-6-22(21)29-14)30-27(32)15-3-2-4-17(28)8-15)31-24-12-19(41-42(33)34)9-16-10-20(43(35,36)37)13-25(26(16)24)44(38,39)40;;;/h2-13H,28H2,1H3,(H,29,31)(H,30,32)(H,33,34)(H,35,36,37)(H,38,39,40);;;/q;3*+1/p-3. The molecule has 0 fully saturated rings. The third kappa shape index (κ3) is 9.96. The van der Waals surface area contributed by atoms with E-state index in [4.69, 9.17) is 9.92 Å². The van der Waals surface area contributed by atoms with E-state index in [2.05, 4.69) is 15.6 Å². The minimum Gasteiger partial charge on any atom is -0.744 e. The first-order chi connectivity index (χ1) is 20.6. The fourth-order valence-corrected chi connectivity index (χ4v) is 6.17. The predicted molar refractivity (Wildman–Crippen MR) is 158 cm³/mol. The fourth-order valence-electron chi connectivity index (χ4n) is 4.56. The van der Waals surface area contributed by atoms with E-state index >= 15 is 0 Å². The molecule has 4 N–H and O–H groups in total. The molecular formula is C27H19N4Na3O10S3. The second kappa shape index (κ2) is 16.4. The number of aromatic nitrogens is 1. The van der Waals surface area contributed by atoms with E-state index in [1.165, 1.54) is 6.07 Å². The Morgan fingerprint density at radius 3 is 2.21 bits per heavy atom. The maximum absolute atomic E-state index is 12.8. The molecule has 228 valence electrons. The number of amides is 1. The van der Waals surface area contributed by atoms with Gasteiger partial charge < -0.3 is 34.2 Å². The van der Waals surface area contributed by atoms with Crippen molar-refractivity contribution in [2.75, 3.05) is 16.4 Å². The molecule has 4 aromatic carbocycles. The summed E-state index contributed by atoms with van der Waals surface area (Å²) in [6.07, 6.45) is 0. The molecule has 1 heterocycles. The number of nitrogen functional groups attached to an aromatic ring is 1. The number of hydrogen-bond donors (Lipinski definition) is 3. The number of aryl methyl sites for hydroxylation is 1. The fraction of sp³-hybridized carbons (Fsp3) is 0.0370. The monoisotopic (exact) mass is 724 g/mol. The van der Waals surface area contributed by atoms with E-state index in [0.717, 1.165) is 18.2 Å². The van der Waals surface area contributed by atoms with E-state index in [0.29, 0.717) is 39.6 Å².